The third-order valence-corrected chi connectivity index (χ3v) is 5.41. The van der Waals surface area contributed by atoms with E-state index in [-0.39, 0.29) is 18.8 Å². The summed E-state index contributed by atoms with van der Waals surface area (Å²) < 4.78 is 10.5. The number of carbonyl (C=O) groups is 1. The molecule has 2 N–H and O–H groups in total. The van der Waals surface area contributed by atoms with Gasteiger partial charge in [0.25, 0.3) is 5.91 Å². The van der Waals surface area contributed by atoms with Crippen LogP contribution in [0.1, 0.15) is 24.8 Å². The zero-order valence-electron chi connectivity index (χ0n) is 18.4. The van der Waals surface area contributed by atoms with E-state index in [4.69, 9.17) is 14.6 Å². The zero-order chi connectivity index (χ0) is 22.6. The van der Waals surface area contributed by atoms with E-state index in [1.807, 2.05) is 30.3 Å². The van der Waals surface area contributed by atoms with Gasteiger partial charge in [-0.2, -0.15) is 5.26 Å². The van der Waals surface area contributed by atoms with Gasteiger partial charge in [0.1, 0.15) is 11.6 Å². The summed E-state index contributed by atoms with van der Waals surface area (Å²) in [7, 11) is 0. The lowest BCUT2D eigenvalue weighted by molar-refractivity contribution is -0.117. The van der Waals surface area contributed by atoms with Crippen LogP contribution in [0.5, 0.6) is 0 Å². The Labute approximate surface area is 189 Å². The molecule has 170 valence electrons. The van der Waals surface area contributed by atoms with Crippen LogP contribution in [0.3, 0.4) is 0 Å². The van der Waals surface area contributed by atoms with Gasteiger partial charge < -0.3 is 24.8 Å². The molecule has 0 radical (unpaired) electrons. The van der Waals surface area contributed by atoms with Crippen LogP contribution in [-0.4, -0.2) is 63.7 Å². The van der Waals surface area contributed by atoms with Gasteiger partial charge in [0.15, 0.2) is 0 Å². The Morgan fingerprint density at radius 3 is 2.56 bits per heavy atom. The van der Waals surface area contributed by atoms with Crippen molar-refractivity contribution in [1.29, 1.82) is 5.26 Å². The van der Waals surface area contributed by atoms with E-state index in [1.54, 1.807) is 6.08 Å². The van der Waals surface area contributed by atoms with Crippen molar-refractivity contribution in [2.75, 3.05) is 57.6 Å². The fraction of sp³-hybridized carbons (Fsp3) is 0.440. The molecular weight excluding hydrogens is 406 g/mol. The first-order chi connectivity index (χ1) is 15.7. The second-order valence-electron chi connectivity index (χ2n) is 7.65. The maximum absolute atomic E-state index is 12.6. The number of nitrogens with one attached hydrogen (secondary N) is 1. The monoisotopic (exact) mass is 437 g/mol. The first-order valence-electron chi connectivity index (χ1n) is 11.2. The summed E-state index contributed by atoms with van der Waals surface area (Å²) in [4.78, 5) is 15.0. The van der Waals surface area contributed by atoms with Crippen molar-refractivity contribution in [3.63, 3.8) is 0 Å². The molecule has 0 spiro atoms. The van der Waals surface area contributed by atoms with E-state index >= 15 is 0 Å². The summed E-state index contributed by atoms with van der Waals surface area (Å²) >= 11 is 0. The van der Waals surface area contributed by atoms with E-state index in [9.17, 15) is 10.1 Å². The molecule has 0 atom stereocenters. The highest BCUT2D eigenvalue weighted by Gasteiger charge is 2.18. The fourth-order valence-corrected chi connectivity index (χ4v) is 3.88. The van der Waals surface area contributed by atoms with Crippen LogP contribution in [0.15, 0.2) is 42.0 Å². The molecule has 1 amide bonds. The Morgan fingerprint density at radius 1 is 1.06 bits per heavy atom. The van der Waals surface area contributed by atoms with Gasteiger partial charge in [-0.1, -0.05) is 36.4 Å². The Morgan fingerprint density at radius 2 is 1.81 bits per heavy atom. The van der Waals surface area contributed by atoms with E-state index in [0.29, 0.717) is 26.4 Å². The van der Waals surface area contributed by atoms with Gasteiger partial charge in [-0.25, -0.2) is 0 Å². The highest BCUT2D eigenvalue weighted by atomic mass is 16.5. The molecule has 0 bridgehead atoms. The molecule has 7 nitrogen and oxygen atoms in total. The number of nitrogens with zero attached hydrogens (tertiary/aromatic N) is 2. The molecule has 7 heteroatoms. The van der Waals surface area contributed by atoms with Crippen molar-refractivity contribution in [3.8, 4) is 6.07 Å². The van der Waals surface area contributed by atoms with Crippen molar-refractivity contribution in [1.82, 2.24) is 5.32 Å². The molecule has 3 rings (SSSR count). The van der Waals surface area contributed by atoms with E-state index < -0.39 is 5.91 Å². The minimum absolute atomic E-state index is 0.0178. The van der Waals surface area contributed by atoms with Crippen LogP contribution in [0.2, 0.25) is 0 Å². The molecule has 1 fully saturated rings. The van der Waals surface area contributed by atoms with Gasteiger partial charge in [0, 0.05) is 25.0 Å². The third kappa shape index (κ3) is 6.54. The van der Waals surface area contributed by atoms with Crippen LogP contribution >= 0.6 is 0 Å². The Bertz CT molecular complexity index is 961. The number of nitriles is 1. The number of rotatable bonds is 11. The van der Waals surface area contributed by atoms with Crippen LogP contribution in [-0.2, 0) is 14.3 Å². The maximum Gasteiger partial charge on any atom is 0.262 e. The SMILES string of the molecule is N#C/C(=C\c1ccc2ccccc2c1N1CCCCC1)C(=O)NCCOCCOCCO. The lowest BCUT2D eigenvalue weighted by Crippen LogP contribution is -2.30. The van der Waals surface area contributed by atoms with Gasteiger partial charge in [-0.3, -0.25) is 4.79 Å². The minimum Gasteiger partial charge on any atom is -0.394 e. The zero-order valence-corrected chi connectivity index (χ0v) is 18.4. The number of ether oxygens (including phenoxy) is 2. The number of hydrogen-bond donors (Lipinski definition) is 2. The smallest absolute Gasteiger partial charge is 0.262 e. The average Bonchev–Trinajstić information content (AvgIpc) is 2.84. The maximum atomic E-state index is 12.6. The van der Waals surface area contributed by atoms with Crippen LogP contribution in [0.25, 0.3) is 16.8 Å². The molecule has 1 saturated heterocycles. The van der Waals surface area contributed by atoms with Gasteiger partial charge in [-0.15, -0.1) is 0 Å². The number of aliphatic hydroxyl groups is 1. The first kappa shape index (κ1) is 23.7. The van der Waals surface area contributed by atoms with Crippen LogP contribution in [0, 0.1) is 11.3 Å². The number of fused-ring (bicyclic) bond motifs is 1. The number of amides is 1. The molecule has 1 heterocycles. The summed E-state index contributed by atoms with van der Waals surface area (Å²) in [6.45, 7) is 3.61. The van der Waals surface area contributed by atoms with Crippen LogP contribution < -0.4 is 10.2 Å². The van der Waals surface area contributed by atoms with Crippen molar-refractivity contribution >= 4 is 28.4 Å². The molecule has 2 aromatic rings. The van der Waals surface area contributed by atoms with E-state index in [1.165, 1.54) is 6.42 Å². The van der Waals surface area contributed by atoms with Gasteiger partial charge in [0.2, 0.25) is 0 Å². The summed E-state index contributed by atoms with van der Waals surface area (Å²) in [6, 6.07) is 14.3. The number of aliphatic hydroxyl groups excluding tert-OH is 1. The Balaban J connectivity index is 1.70. The Hall–Kier alpha value is -2.92. The first-order valence-corrected chi connectivity index (χ1v) is 11.2. The lowest BCUT2D eigenvalue weighted by atomic mass is 9.99. The molecule has 0 aliphatic carbocycles. The summed E-state index contributed by atoms with van der Waals surface area (Å²) in [6.07, 6.45) is 5.20. The average molecular weight is 438 g/mol. The third-order valence-electron chi connectivity index (χ3n) is 5.41. The molecule has 2 aromatic carbocycles. The second-order valence-corrected chi connectivity index (χ2v) is 7.65. The predicted molar refractivity (Wildman–Crippen MR) is 125 cm³/mol. The summed E-state index contributed by atoms with van der Waals surface area (Å²) in [5.74, 6) is -0.412. The lowest BCUT2D eigenvalue weighted by Gasteiger charge is -2.31. The largest absolute Gasteiger partial charge is 0.394 e. The summed E-state index contributed by atoms with van der Waals surface area (Å²) in [5, 5.41) is 23.3. The number of benzene rings is 2. The number of piperidine rings is 1. The standard InChI is InChI=1S/C25H31N3O4/c26-19-22(25(30)27-10-14-31-16-17-32-15-13-29)18-21-9-8-20-6-2-3-7-23(20)24(21)28-11-4-1-5-12-28/h2-3,6-9,18,29H,1,4-5,10-17H2,(H,27,30)/b22-18+. The predicted octanol–water partition coefficient (Wildman–Crippen LogP) is 2.88. The molecule has 32 heavy (non-hydrogen) atoms. The van der Waals surface area contributed by atoms with Crippen molar-refractivity contribution in [3.05, 3.63) is 47.5 Å². The van der Waals surface area contributed by atoms with E-state index in [0.717, 1.165) is 48.0 Å². The quantitative estimate of drug-likeness (QED) is 0.319. The van der Waals surface area contributed by atoms with Crippen molar-refractivity contribution in [2.24, 2.45) is 0 Å². The topological polar surface area (TPSA) is 94.8 Å². The molecular formula is C25H31N3O4. The van der Waals surface area contributed by atoms with Crippen molar-refractivity contribution in [2.45, 2.75) is 19.3 Å². The highest BCUT2D eigenvalue weighted by Crippen LogP contribution is 2.34. The van der Waals surface area contributed by atoms with Crippen molar-refractivity contribution < 1.29 is 19.4 Å². The molecule has 0 saturated carbocycles. The fourth-order valence-electron chi connectivity index (χ4n) is 3.88. The number of hydrogen-bond acceptors (Lipinski definition) is 6. The molecule has 1 aliphatic heterocycles. The minimum atomic E-state index is -0.412. The molecule has 1 aliphatic rings. The number of carbonyl (C=O) groups excluding carboxylic acids is 1. The second kappa shape index (κ2) is 12.8. The number of anilines is 1. The highest BCUT2D eigenvalue weighted by molar-refractivity contribution is 6.05. The molecule has 0 aromatic heterocycles. The van der Waals surface area contributed by atoms with E-state index in [2.05, 4.69) is 22.3 Å². The van der Waals surface area contributed by atoms with Gasteiger partial charge in [0.05, 0.1) is 38.7 Å². The van der Waals surface area contributed by atoms with Gasteiger partial charge >= 0.3 is 0 Å². The van der Waals surface area contributed by atoms with Crippen LogP contribution in [0.4, 0.5) is 5.69 Å². The Kier molecular flexibility index (Phi) is 9.51. The van der Waals surface area contributed by atoms with Gasteiger partial charge in [-0.05, 0) is 36.3 Å². The normalized spacial score (nSPS) is 14.4. The summed E-state index contributed by atoms with van der Waals surface area (Å²) in [5.41, 5.74) is 2.05. The molecule has 0 unspecified atom stereocenters.